The van der Waals surface area contributed by atoms with Gasteiger partial charge in [0.15, 0.2) is 0 Å². The standard InChI is InChI=1S/C23H31N5O2/c1-24-22(29)17-26(2)18-23(30)25-20-8-10-21(11-9-20)28-14-12-27(13-15-28)16-19-6-4-3-5-7-19/h3-11H,12-18H2,1-2H3,(H,24,29)(H,25,30). The van der Waals surface area contributed by atoms with E-state index in [4.69, 9.17) is 0 Å². The minimum Gasteiger partial charge on any atom is -0.369 e. The third kappa shape index (κ3) is 6.57. The van der Waals surface area contributed by atoms with E-state index in [-0.39, 0.29) is 24.9 Å². The average molecular weight is 410 g/mol. The summed E-state index contributed by atoms with van der Waals surface area (Å²) in [6.07, 6.45) is 0. The topological polar surface area (TPSA) is 67.9 Å². The summed E-state index contributed by atoms with van der Waals surface area (Å²) in [5.41, 5.74) is 3.29. The molecule has 1 fully saturated rings. The number of hydrogen-bond acceptors (Lipinski definition) is 5. The normalized spacial score (nSPS) is 14.6. The Balaban J connectivity index is 1.44. The molecule has 2 aromatic carbocycles. The van der Waals surface area contributed by atoms with Gasteiger partial charge in [-0.15, -0.1) is 0 Å². The summed E-state index contributed by atoms with van der Waals surface area (Å²) in [4.78, 5) is 30.1. The predicted molar refractivity (Wildman–Crippen MR) is 121 cm³/mol. The van der Waals surface area contributed by atoms with Gasteiger partial charge in [-0.3, -0.25) is 19.4 Å². The smallest absolute Gasteiger partial charge is 0.238 e. The maximum absolute atomic E-state index is 12.2. The van der Waals surface area contributed by atoms with Gasteiger partial charge in [0.05, 0.1) is 13.1 Å². The molecule has 2 amide bonds. The lowest BCUT2D eigenvalue weighted by Gasteiger charge is -2.36. The van der Waals surface area contributed by atoms with Gasteiger partial charge in [-0.25, -0.2) is 0 Å². The van der Waals surface area contributed by atoms with E-state index < -0.39 is 0 Å². The molecule has 2 aromatic rings. The van der Waals surface area contributed by atoms with E-state index in [0.717, 1.165) is 38.4 Å². The largest absolute Gasteiger partial charge is 0.369 e. The van der Waals surface area contributed by atoms with Crippen molar-refractivity contribution in [1.82, 2.24) is 15.1 Å². The highest BCUT2D eigenvalue weighted by Crippen LogP contribution is 2.20. The minimum absolute atomic E-state index is 0.112. The summed E-state index contributed by atoms with van der Waals surface area (Å²) in [5, 5.41) is 5.44. The maximum atomic E-state index is 12.2. The summed E-state index contributed by atoms with van der Waals surface area (Å²) in [6, 6.07) is 18.6. The van der Waals surface area contributed by atoms with Crippen molar-refractivity contribution in [3.63, 3.8) is 0 Å². The van der Waals surface area contributed by atoms with E-state index in [0.29, 0.717) is 0 Å². The fourth-order valence-corrected chi connectivity index (χ4v) is 3.59. The van der Waals surface area contributed by atoms with Crippen LogP contribution in [-0.4, -0.2) is 75.0 Å². The molecule has 0 radical (unpaired) electrons. The molecule has 30 heavy (non-hydrogen) atoms. The Morgan fingerprint density at radius 2 is 1.53 bits per heavy atom. The summed E-state index contributed by atoms with van der Waals surface area (Å²) in [7, 11) is 3.33. The van der Waals surface area contributed by atoms with E-state index in [2.05, 4.69) is 62.9 Å². The molecule has 1 heterocycles. The van der Waals surface area contributed by atoms with Gasteiger partial charge in [0.2, 0.25) is 11.8 Å². The fourth-order valence-electron chi connectivity index (χ4n) is 3.59. The molecule has 0 aliphatic carbocycles. The van der Waals surface area contributed by atoms with Gasteiger partial charge in [0, 0.05) is 51.1 Å². The number of carbonyl (C=O) groups excluding carboxylic acids is 2. The molecule has 0 atom stereocenters. The Hall–Kier alpha value is -2.90. The predicted octanol–water partition coefficient (Wildman–Crippen LogP) is 1.63. The van der Waals surface area contributed by atoms with Crippen LogP contribution in [0.4, 0.5) is 11.4 Å². The van der Waals surface area contributed by atoms with E-state index in [1.54, 1.807) is 19.0 Å². The second-order valence-corrected chi connectivity index (χ2v) is 7.69. The van der Waals surface area contributed by atoms with E-state index in [1.165, 1.54) is 11.3 Å². The van der Waals surface area contributed by atoms with Crippen LogP contribution in [0.1, 0.15) is 5.56 Å². The first kappa shape index (κ1) is 21.8. The molecule has 2 N–H and O–H groups in total. The molecular formula is C23H31N5O2. The number of nitrogens with zero attached hydrogens (tertiary/aromatic N) is 3. The Labute approximate surface area is 178 Å². The summed E-state index contributed by atoms with van der Waals surface area (Å²) < 4.78 is 0. The molecule has 0 aromatic heterocycles. The minimum atomic E-state index is -0.135. The van der Waals surface area contributed by atoms with Crippen LogP contribution in [0, 0.1) is 0 Å². The number of benzene rings is 2. The summed E-state index contributed by atoms with van der Waals surface area (Å²) >= 11 is 0. The van der Waals surface area contributed by atoms with Crippen LogP contribution in [0.5, 0.6) is 0 Å². The molecule has 0 spiro atoms. The number of nitrogens with one attached hydrogen (secondary N) is 2. The van der Waals surface area contributed by atoms with Crippen molar-refractivity contribution >= 4 is 23.2 Å². The zero-order valence-electron chi connectivity index (χ0n) is 17.8. The van der Waals surface area contributed by atoms with Gasteiger partial charge < -0.3 is 15.5 Å². The van der Waals surface area contributed by atoms with E-state index in [9.17, 15) is 9.59 Å². The number of rotatable bonds is 8. The zero-order valence-corrected chi connectivity index (χ0v) is 17.8. The Bertz CT molecular complexity index is 817. The van der Waals surface area contributed by atoms with Crippen molar-refractivity contribution in [3.05, 3.63) is 60.2 Å². The zero-order chi connectivity index (χ0) is 21.3. The molecule has 1 aliphatic heterocycles. The number of anilines is 2. The molecule has 160 valence electrons. The first-order valence-electron chi connectivity index (χ1n) is 10.3. The second kappa shape index (κ2) is 10.8. The molecule has 0 bridgehead atoms. The SMILES string of the molecule is CNC(=O)CN(C)CC(=O)Nc1ccc(N2CCN(Cc3ccccc3)CC2)cc1. The molecular weight excluding hydrogens is 378 g/mol. The number of likely N-dealkylation sites (N-methyl/N-ethyl adjacent to an activating group) is 2. The van der Waals surface area contributed by atoms with Crippen LogP contribution in [0.25, 0.3) is 0 Å². The van der Waals surface area contributed by atoms with Crippen molar-refractivity contribution in [3.8, 4) is 0 Å². The Morgan fingerprint density at radius 3 is 2.17 bits per heavy atom. The quantitative estimate of drug-likeness (QED) is 0.694. The van der Waals surface area contributed by atoms with Gasteiger partial charge >= 0.3 is 0 Å². The van der Waals surface area contributed by atoms with Crippen molar-refractivity contribution < 1.29 is 9.59 Å². The molecule has 3 rings (SSSR count). The van der Waals surface area contributed by atoms with Crippen molar-refractivity contribution in [1.29, 1.82) is 0 Å². The monoisotopic (exact) mass is 409 g/mol. The van der Waals surface area contributed by atoms with Crippen molar-refractivity contribution in [2.75, 3.05) is 63.6 Å². The highest BCUT2D eigenvalue weighted by Gasteiger charge is 2.17. The number of amides is 2. The lowest BCUT2D eigenvalue weighted by molar-refractivity contribution is -0.122. The molecule has 7 nitrogen and oxygen atoms in total. The van der Waals surface area contributed by atoms with Crippen LogP contribution >= 0.6 is 0 Å². The highest BCUT2D eigenvalue weighted by atomic mass is 16.2. The maximum Gasteiger partial charge on any atom is 0.238 e. The fraction of sp³-hybridized carbons (Fsp3) is 0.391. The number of hydrogen-bond donors (Lipinski definition) is 2. The third-order valence-corrected chi connectivity index (χ3v) is 5.24. The van der Waals surface area contributed by atoms with Crippen LogP contribution in [0.15, 0.2) is 54.6 Å². The average Bonchev–Trinajstić information content (AvgIpc) is 2.75. The van der Waals surface area contributed by atoms with Gasteiger partial charge in [-0.2, -0.15) is 0 Å². The Kier molecular flexibility index (Phi) is 7.82. The van der Waals surface area contributed by atoms with Crippen molar-refractivity contribution in [2.45, 2.75) is 6.54 Å². The second-order valence-electron chi connectivity index (χ2n) is 7.69. The van der Waals surface area contributed by atoms with Crippen molar-refractivity contribution in [2.24, 2.45) is 0 Å². The number of carbonyl (C=O) groups is 2. The lowest BCUT2D eigenvalue weighted by atomic mass is 10.2. The van der Waals surface area contributed by atoms with E-state index >= 15 is 0 Å². The molecule has 1 aliphatic rings. The van der Waals surface area contributed by atoms with Gasteiger partial charge in [-0.1, -0.05) is 30.3 Å². The summed E-state index contributed by atoms with van der Waals surface area (Å²) in [6.45, 7) is 5.40. The van der Waals surface area contributed by atoms with Gasteiger partial charge in [0.25, 0.3) is 0 Å². The highest BCUT2D eigenvalue weighted by molar-refractivity contribution is 5.92. The molecule has 0 unspecified atom stereocenters. The van der Waals surface area contributed by atoms with Gasteiger partial charge in [-0.05, 0) is 36.9 Å². The van der Waals surface area contributed by atoms with E-state index in [1.807, 2.05) is 12.1 Å². The molecule has 1 saturated heterocycles. The molecule has 0 saturated carbocycles. The number of piperazine rings is 1. The first-order chi connectivity index (χ1) is 14.5. The van der Waals surface area contributed by atoms with Crippen LogP contribution in [0.2, 0.25) is 0 Å². The van der Waals surface area contributed by atoms with Crippen LogP contribution in [-0.2, 0) is 16.1 Å². The molecule has 7 heteroatoms. The third-order valence-electron chi connectivity index (χ3n) is 5.24. The van der Waals surface area contributed by atoms with Crippen LogP contribution < -0.4 is 15.5 Å². The summed E-state index contributed by atoms with van der Waals surface area (Å²) in [5.74, 6) is -0.248. The first-order valence-corrected chi connectivity index (χ1v) is 10.3. The van der Waals surface area contributed by atoms with Crippen LogP contribution in [0.3, 0.4) is 0 Å². The Morgan fingerprint density at radius 1 is 0.900 bits per heavy atom. The van der Waals surface area contributed by atoms with Gasteiger partial charge in [0.1, 0.15) is 0 Å². The lowest BCUT2D eigenvalue weighted by Crippen LogP contribution is -2.45.